The molecule has 2 heterocycles. The van der Waals surface area contributed by atoms with E-state index >= 15 is 0 Å². The Hall–Kier alpha value is -1.62. The zero-order valence-corrected chi connectivity index (χ0v) is 15.9. The molecule has 128 valence electrons. The number of benzene rings is 2. The summed E-state index contributed by atoms with van der Waals surface area (Å²) in [7, 11) is 0. The molecule has 1 aromatic heterocycles. The highest BCUT2D eigenvalue weighted by molar-refractivity contribution is 7.98. The Balaban J connectivity index is 1.37. The van der Waals surface area contributed by atoms with E-state index in [0.717, 1.165) is 29.5 Å². The third-order valence-electron chi connectivity index (χ3n) is 4.42. The second-order valence-corrected chi connectivity index (χ2v) is 8.28. The molecule has 1 atom stereocenters. The SMILES string of the molecule is Cc1ccc(-c2nc(CSc3ccc(C4CCCO4)cc3)cs2)cc1. The van der Waals surface area contributed by atoms with E-state index in [1.807, 2.05) is 11.8 Å². The fourth-order valence-electron chi connectivity index (χ4n) is 2.98. The minimum atomic E-state index is 0.301. The molecule has 1 aliphatic rings. The van der Waals surface area contributed by atoms with Crippen LogP contribution in [0.15, 0.2) is 58.8 Å². The van der Waals surface area contributed by atoms with Crippen molar-refractivity contribution in [3.05, 3.63) is 70.7 Å². The van der Waals surface area contributed by atoms with Gasteiger partial charge >= 0.3 is 0 Å². The summed E-state index contributed by atoms with van der Waals surface area (Å²) in [6.45, 7) is 3.01. The molecule has 25 heavy (non-hydrogen) atoms. The maximum atomic E-state index is 5.74. The first-order valence-electron chi connectivity index (χ1n) is 8.64. The van der Waals surface area contributed by atoms with Gasteiger partial charge in [-0.15, -0.1) is 23.1 Å². The summed E-state index contributed by atoms with van der Waals surface area (Å²) in [6, 6.07) is 17.4. The largest absolute Gasteiger partial charge is 0.374 e. The van der Waals surface area contributed by atoms with E-state index < -0.39 is 0 Å². The Morgan fingerprint density at radius 1 is 1.12 bits per heavy atom. The van der Waals surface area contributed by atoms with Gasteiger partial charge in [0.05, 0.1) is 11.8 Å². The first-order valence-corrected chi connectivity index (χ1v) is 10.5. The van der Waals surface area contributed by atoms with Crippen molar-refractivity contribution in [2.45, 2.75) is 36.5 Å². The number of nitrogens with zero attached hydrogens (tertiary/aromatic N) is 1. The fraction of sp³-hybridized carbons (Fsp3) is 0.286. The molecule has 0 bridgehead atoms. The molecule has 1 unspecified atom stereocenters. The van der Waals surface area contributed by atoms with E-state index in [4.69, 9.17) is 9.72 Å². The molecule has 4 heteroatoms. The van der Waals surface area contributed by atoms with Crippen molar-refractivity contribution in [1.82, 2.24) is 4.98 Å². The normalized spacial score (nSPS) is 17.1. The molecular formula is C21H21NOS2. The number of thioether (sulfide) groups is 1. The predicted molar refractivity (Wildman–Crippen MR) is 106 cm³/mol. The Kier molecular flexibility index (Phi) is 5.20. The molecule has 2 nitrogen and oxygen atoms in total. The van der Waals surface area contributed by atoms with Crippen LogP contribution in [0.25, 0.3) is 10.6 Å². The van der Waals surface area contributed by atoms with E-state index in [2.05, 4.69) is 60.8 Å². The van der Waals surface area contributed by atoms with Gasteiger partial charge in [0.25, 0.3) is 0 Å². The summed E-state index contributed by atoms with van der Waals surface area (Å²) < 4.78 is 5.74. The first-order chi connectivity index (χ1) is 12.3. The quantitative estimate of drug-likeness (QED) is 0.497. The lowest BCUT2D eigenvalue weighted by Crippen LogP contribution is -1.94. The van der Waals surface area contributed by atoms with E-state index in [9.17, 15) is 0 Å². The number of aromatic nitrogens is 1. The lowest BCUT2D eigenvalue weighted by molar-refractivity contribution is 0.112. The summed E-state index contributed by atoms with van der Waals surface area (Å²) in [4.78, 5) is 6.07. The summed E-state index contributed by atoms with van der Waals surface area (Å²) in [6.07, 6.45) is 2.62. The minimum absolute atomic E-state index is 0.301. The topological polar surface area (TPSA) is 22.1 Å². The third kappa shape index (κ3) is 4.14. The number of hydrogen-bond donors (Lipinski definition) is 0. The number of aryl methyl sites for hydroxylation is 1. The van der Waals surface area contributed by atoms with Gasteiger partial charge in [-0.2, -0.15) is 0 Å². The van der Waals surface area contributed by atoms with Gasteiger partial charge in [0.15, 0.2) is 0 Å². The number of hydrogen-bond acceptors (Lipinski definition) is 4. The highest BCUT2D eigenvalue weighted by atomic mass is 32.2. The fourth-order valence-corrected chi connectivity index (χ4v) is 4.70. The maximum absolute atomic E-state index is 5.74. The zero-order valence-electron chi connectivity index (χ0n) is 14.3. The van der Waals surface area contributed by atoms with Crippen LogP contribution < -0.4 is 0 Å². The van der Waals surface area contributed by atoms with Crippen molar-refractivity contribution in [1.29, 1.82) is 0 Å². The van der Waals surface area contributed by atoms with Crippen LogP contribution in [-0.2, 0) is 10.5 Å². The third-order valence-corrected chi connectivity index (χ3v) is 6.40. The molecule has 1 fully saturated rings. The summed E-state index contributed by atoms with van der Waals surface area (Å²) in [5.41, 5.74) is 4.93. The lowest BCUT2D eigenvalue weighted by Gasteiger charge is -2.10. The Morgan fingerprint density at radius 3 is 2.64 bits per heavy atom. The van der Waals surface area contributed by atoms with Gasteiger partial charge in [0.1, 0.15) is 5.01 Å². The van der Waals surface area contributed by atoms with Crippen LogP contribution in [0.1, 0.15) is 35.8 Å². The van der Waals surface area contributed by atoms with Crippen molar-refractivity contribution in [2.75, 3.05) is 6.61 Å². The van der Waals surface area contributed by atoms with E-state index in [0.29, 0.717) is 6.10 Å². The Bertz CT molecular complexity index is 818. The van der Waals surface area contributed by atoms with Crippen LogP contribution in [0.2, 0.25) is 0 Å². The smallest absolute Gasteiger partial charge is 0.123 e. The molecule has 0 saturated carbocycles. The van der Waals surface area contributed by atoms with Gasteiger partial charge in [0.2, 0.25) is 0 Å². The lowest BCUT2D eigenvalue weighted by atomic mass is 10.1. The van der Waals surface area contributed by atoms with Crippen LogP contribution in [0.3, 0.4) is 0 Å². The number of rotatable bonds is 5. The Morgan fingerprint density at radius 2 is 1.92 bits per heavy atom. The number of thiazole rings is 1. The molecular weight excluding hydrogens is 346 g/mol. The van der Waals surface area contributed by atoms with Crippen LogP contribution >= 0.6 is 23.1 Å². The summed E-state index contributed by atoms with van der Waals surface area (Å²) in [5.74, 6) is 0.904. The molecule has 1 aliphatic heterocycles. The van der Waals surface area contributed by atoms with Crippen molar-refractivity contribution in [3.8, 4) is 10.6 Å². The average Bonchev–Trinajstić information content (AvgIpc) is 3.33. The molecule has 4 rings (SSSR count). The Labute approximate surface area is 157 Å². The minimum Gasteiger partial charge on any atom is -0.374 e. The zero-order chi connectivity index (χ0) is 17.1. The van der Waals surface area contributed by atoms with Gasteiger partial charge in [0, 0.05) is 28.2 Å². The van der Waals surface area contributed by atoms with Crippen molar-refractivity contribution in [2.24, 2.45) is 0 Å². The molecule has 0 spiro atoms. The average molecular weight is 368 g/mol. The van der Waals surface area contributed by atoms with Crippen LogP contribution in [-0.4, -0.2) is 11.6 Å². The van der Waals surface area contributed by atoms with Gasteiger partial charge < -0.3 is 4.74 Å². The number of ether oxygens (including phenoxy) is 1. The van der Waals surface area contributed by atoms with Gasteiger partial charge in [-0.05, 0) is 37.5 Å². The van der Waals surface area contributed by atoms with E-state index in [1.165, 1.54) is 28.0 Å². The van der Waals surface area contributed by atoms with Crippen LogP contribution in [0.5, 0.6) is 0 Å². The molecule has 1 saturated heterocycles. The summed E-state index contributed by atoms with van der Waals surface area (Å²) >= 11 is 3.56. The van der Waals surface area contributed by atoms with Crippen molar-refractivity contribution in [3.63, 3.8) is 0 Å². The maximum Gasteiger partial charge on any atom is 0.123 e. The van der Waals surface area contributed by atoms with Crippen LogP contribution in [0, 0.1) is 6.92 Å². The first kappa shape index (κ1) is 16.8. The highest BCUT2D eigenvalue weighted by Gasteiger charge is 2.17. The molecule has 0 aliphatic carbocycles. The molecule has 2 aromatic carbocycles. The molecule has 0 radical (unpaired) electrons. The predicted octanol–water partition coefficient (Wildman–Crippen LogP) is 6.26. The van der Waals surface area contributed by atoms with Gasteiger partial charge in [-0.25, -0.2) is 4.98 Å². The van der Waals surface area contributed by atoms with Gasteiger partial charge in [-0.3, -0.25) is 0 Å². The molecule has 3 aromatic rings. The van der Waals surface area contributed by atoms with Crippen molar-refractivity contribution < 1.29 is 4.74 Å². The standard InChI is InChI=1S/C21H21NOS2/c1-15-4-6-17(7-5-15)21-22-18(14-25-21)13-24-19-10-8-16(9-11-19)20-3-2-12-23-20/h4-11,14,20H,2-3,12-13H2,1H3. The van der Waals surface area contributed by atoms with E-state index in [1.54, 1.807) is 11.3 Å². The molecule has 0 amide bonds. The van der Waals surface area contributed by atoms with Crippen LogP contribution in [0.4, 0.5) is 0 Å². The van der Waals surface area contributed by atoms with E-state index in [-0.39, 0.29) is 0 Å². The summed E-state index contributed by atoms with van der Waals surface area (Å²) in [5, 5.41) is 3.27. The van der Waals surface area contributed by atoms with Crippen molar-refractivity contribution >= 4 is 23.1 Å². The van der Waals surface area contributed by atoms with Gasteiger partial charge in [-0.1, -0.05) is 42.0 Å². The molecule has 0 N–H and O–H groups in total. The monoisotopic (exact) mass is 367 g/mol. The second-order valence-electron chi connectivity index (χ2n) is 6.37. The highest BCUT2D eigenvalue weighted by Crippen LogP contribution is 2.31. The second kappa shape index (κ2) is 7.73.